The van der Waals surface area contributed by atoms with Crippen molar-refractivity contribution < 1.29 is 9.53 Å². The number of ether oxygens (including phenoxy) is 1. The van der Waals surface area contributed by atoms with Crippen LogP contribution >= 0.6 is 0 Å². The first-order valence-corrected chi connectivity index (χ1v) is 5.81. The third-order valence-electron chi connectivity index (χ3n) is 2.56. The van der Waals surface area contributed by atoms with Crippen LogP contribution < -0.4 is 0 Å². The summed E-state index contributed by atoms with van der Waals surface area (Å²) in [7, 11) is 0. The second-order valence-electron chi connectivity index (χ2n) is 3.78. The number of allylic oxidation sites excluding steroid dienone is 4. The van der Waals surface area contributed by atoms with Crippen LogP contribution in [0.25, 0.3) is 0 Å². The lowest BCUT2D eigenvalue weighted by atomic mass is 9.98. The smallest absolute Gasteiger partial charge is 0.309 e. The lowest BCUT2D eigenvalue weighted by Crippen LogP contribution is -2.17. The molecule has 0 amide bonds. The van der Waals surface area contributed by atoms with Gasteiger partial charge in [-0.05, 0) is 39.0 Å². The van der Waals surface area contributed by atoms with E-state index in [2.05, 4.69) is 24.3 Å². The molecule has 0 aromatic carbocycles. The summed E-state index contributed by atoms with van der Waals surface area (Å²) in [5.41, 5.74) is 0. The Kier molecular flexibility index (Phi) is 5.83. The first-order chi connectivity index (χ1) is 7.34. The standard InChI is InChI=1S/C13H20O2/c1-2-15-13(14)12-10-8-6-4-3-5-7-9-11-12/h4,6-7,9,12H,2-3,5,8,10-11H2,1H3/b6-4+,9-7+. The van der Waals surface area contributed by atoms with E-state index in [1.807, 2.05) is 6.92 Å². The molecule has 84 valence electrons. The minimum atomic E-state index is -0.0453. The van der Waals surface area contributed by atoms with Gasteiger partial charge < -0.3 is 4.74 Å². The van der Waals surface area contributed by atoms with Gasteiger partial charge in [0.1, 0.15) is 0 Å². The molecule has 0 heterocycles. The second-order valence-corrected chi connectivity index (χ2v) is 3.78. The van der Waals surface area contributed by atoms with E-state index in [0.717, 1.165) is 32.1 Å². The molecule has 0 bridgehead atoms. The molecule has 0 saturated heterocycles. The van der Waals surface area contributed by atoms with Gasteiger partial charge in [-0.3, -0.25) is 4.79 Å². The third-order valence-corrected chi connectivity index (χ3v) is 2.56. The Morgan fingerprint density at radius 1 is 1.20 bits per heavy atom. The lowest BCUT2D eigenvalue weighted by Gasteiger charge is -2.13. The van der Waals surface area contributed by atoms with Crippen molar-refractivity contribution in [3.8, 4) is 0 Å². The fourth-order valence-electron chi connectivity index (χ4n) is 1.70. The summed E-state index contributed by atoms with van der Waals surface area (Å²) in [6.07, 6.45) is 13.5. The molecule has 2 nitrogen and oxygen atoms in total. The molecule has 0 aromatic rings. The van der Waals surface area contributed by atoms with Gasteiger partial charge in [-0.25, -0.2) is 0 Å². The highest BCUT2D eigenvalue weighted by molar-refractivity contribution is 5.72. The molecular weight excluding hydrogens is 188 g/mol. The van der Waals surface area contributed by atoms with Crippen LogP contribution in [0, 0.1) is 5.92 Å². The first kappa shape index (κ1) is 12.0. The molecule has 0 radical (unpaired) electrons. The van der Waals surface area contributed by atoms with E-state index in [4.69, 9.17) is 4.74 Å². The van der Waals surface area contributed by atoms with Crippen LogP contribution in [0.5, 0.6) is 0 Å². The van der Waals surface area contributed by atoms with Crippen molar-refractivity contribution in [1.29, 1.82) is 0 Å². The van der Waals surface area contributed by atoms with Gasteiger partial charge in [-0.2, -0.15) is 0 Å². The number of carbonyl (C=O) groups excluding carboxylic acids is 1. The highest BCUT2D eigenvalue weighted by atomic mass is 16.5. The molecule has 0 N–H and O–H groups in total. The molecule has 2 heteroatoms. The molecule has 1 unspecified atom stereocenters. The van der Waals surface area contributed by atoms with E-state index in [1.54, 1.807) is 0 Å². The van der Waals surface area contributed by atoms with Crippen molar-refractivity contribution in [3.63, 3.8) is 0 Å². The van der Waals surface area contributed by atoms with E-state index in [9.17, 15) is 4.79 Å². The van der Waals surface area contributed by atoms with Crippen LogP contribution in [-0.4, -0.2) is 12.6 Å². The Bertz CT molecular complexity index is 241. The topological polar surface area (TPSA) is 26.3 Å². The molecule has 1 aliphatic rings. The first-order valence-electron chi connectivity index (χ1n) is 5.81. The van der Waals surface area contributed by atoms with Crippen molar-refractivity contribution >= 4 is 5.97 Å². The van der Waals surface area contributed by atoms with Gasteiger partial charge in [-0.1, -0.05) is 24.3 Å². The van der Waals surface area contributed by atoms with Crippen LogP contribution in [-0.2, 0) is 9.53 Å². The third kappa shape index (κ3) is 4.82. The maximum atomic E-state index is 11.6. The van der Waals surface area contributed by atoms with Gasteiger partial charge in [-0.15, -0.1) is 0 Å². The molecule has 1 aliphatic carbocycles. The van der Waals surface area contributed by atoms with Crippen LogP contribution in [0.15, 0.2) is 24.3 Å². The average Bonchev–Trinajstić information content (AvgIpc) is 2.26. The van der Waals surface area contributed by atoms with E-state index < -0.39 is 0 Å². The number of carbonyl (C=O) groups is 1. The van der Waals surface area contributed by atoms with E-state index in [0.29, 0.717) is 6.61 Å². The fourth-order valence-corrected chi connectivity index (χ4v) is 1.70. The van der Waals surface area contributed by atoms with Crippen molar-refractivity contribution in [3.05, 3.63) is 24.3 Å². The van der Waals surface area contributed by atoms with Crippen molar-refractivity contribution in [2.45, 2.75) is 39.0 Å². The van der Waals surface area contributed by atoms with Gasteiger partial charge >= 0.3 is 5.97 Å². The molecule has 0 aliphatic heterocycles. The Morgan fingerprint density at radius 3 is 2.60 bits per heavy atom. The zero-order valence-corrected chi connectivity index (χ0v) is 9.45. The molecule has 0 saturated carbocycles. The Labute approximate surface area is 92.0 Å². The van der Waals surface area contributed by atoms with Gasteiger partial charge in [0.05, 0.1) is 12.5 Å². The molecule has 0 aromatic heterocycles. The van der Waals surface area contributed by atoms with Gasteiger partial charge in [0.15, 0.2) is 0 Å². The number of hydrogen-bond acceptors (Lipinski definition) is 2. The van der Waals surface area contributed by atoms with E-state index in [1.165, 1.54) is 0 Å². The summed E-state index contributed by atoms with van der Waals surface area (Å²) < 4.78 is 5.05. The predicted octanol–water partition coefficient (Wildman–Crippen LogP) is 3.24. The molecule has 15 heavy (non-hydrogen) atoms. The minimum absolute atomic E-state index is 0.0453. The SMILES string of the molecule is CCOC(=O)C1C/C=C/CC/C=C/CC1. The van der Waals surface area contributed by atoms with Crippen molar-refractivity contribution in [2.75, 3.05) is 6.61 Å². The number of hydrogen-bond donors (Lipinski definition) is 0. The monoisotopic (exact) mass is 208 g/mol. The van der Waals surface area contributed by atoms with Crippen LogP contribution in [0.2, 0.25) is 0 Å². The summed E-state index contributed by atoms with van der Waals surface area (Å²) >= 11 is 0. The zero-order chi connectivity index (χ0) is 10.9. The fraction of sp³-hybridized carbons (Fsp3) is 0.615. The van der Waals surface area contributed by atoms with Crippen LogP contribution in [0.1, 0.15) is 39.0 Å². The molecule has 1 atom stereocenters. The summed E-state index contributed by atoms with van der Waals surface area (Å²) in [6.45, 7) is 2.34. The van der Waals surface area contributed by atoms with Crippen LogP contribution in [0.3, 0.4) is 0 Å². The average molecular weight is 208 g/mol. The highest BCUT2D eigenvalue weighted by Crippen LogP contribution is 2.16. The summed E-state index contributed by atoms with van der Waals surface area (Å²) in [5.74, 6) is 0.0000680. The van der Waals surface area contributed by atoms with Gasteiger partial charge in [0, 0.05) is 0 Å². The molecular formula is C13H20O2. The molecule has 0 fully saturated rings. The maximum Gasteiger partial charge on any atom is 0.309 e. The van der Waals surface area contributed by atoms with E-state index >= 15 is 0 Å². The van der Waals surface area contributed by atoms with Crippen molar-refractivity contribution in [1.82, 2.24) is 0 Å². The summed E-state index contributed by atoms with van der Waals surface area (Å²) in [6, 6.07) is 0. The van der Waals surface area contributed by atoms with E-state index in [-0.39, 0.29) is 11.9 Å². The predicted molar refractivity (Wildman–Crippen MR) is 61.5 cm³/mol. The lowest BCUT2D eigenvalue weighted by molar-refractivity contribution is -0.148. The van der Waals surface area contributed by atoms with Crippen molar-refractivity contribution in [2.24, 2.45) is 5.92 Å². The number of rotatable bonds is 2. The zero-order valence-electron chi connectivity index (χ0n) is 9.45. The Morgan fingerprint density at radius 2 is 1.87 bits per heavy atom. The van der Waals surface area contributed by atoms with Crippen LogP contribution in [0.4, 0.5) is 0 Å². The number of esters is 1. The largest absolute Gasteiger partial charge is 0.466 e. The Hall–Kier alpha value is -1.05. The Balaban J connectivity index is 2.49. The molecule has 1 rings (SSSR count). The quantitative estimate of drug-likeness (QED) is 0.514. The van der Waals surface area contributed by atoms with Gasteiger partial charge in [0.2, 0.25) is 0 Å². The van der Waals surface area contributed by atoms with Gasteiger partial charge in [0.25, 0.3) is 0 Å². The normalized spacial score (nSPS) is 26.6. The maximum absolute atomic E-state index is 11.6. The minimum Gasteiger partial charge on any atom is -0.466 e. The summed E-state index contributed by atoms with van der Waals surface area (Å²) in [4.78, 5) is 11.6. The molecule has 0 spiro atoms. The second kappa shape index (κ2) is 7.27. The highest BCUT2D eigenvalue weighted by Gasteiger charge is 2.17. The summed E-state index contributed by atoms with van der Waals surface area (Å²) in [5, 5.41) is 0.